The van der Waals surface area contributed by atoms with Gasteiger partial charge in [-0.15, -0.1) is 0 Å². The fourth-order valence-corrected chi connectivity index (χ4v) is 6.51. The average Bonchev–Trinajstić information content (AvgIpc) is 3.15. The summed E-state index contributed by atoms with van der Waals surface area (Å²) < 4.78 is 0. The van der Waals surface area contributed by atoms with E-state index in [2.05, 4.69) is 120 Å². The number of benzene rings is 4. The van der Waals surface area contributed by atoms with Crippen LogP contribution in [0, 0.1) is 20.8 Å². The Balaban J connectivity index is 1.71. The van der Waals surface area contributed by atoms with Crippen molar-refractivity contribution >= 4 is 10.9 Å². The van der Waals surface area contributed by atoms with E-state index in [1.54, 1.807) is 0 Å². The van der Waals surface area contributed by atoms with Gasteiger partial charge in [-0.2, -0.15) is 0 Å². The number of hydrogen-bond acceptors (Lipinski definition) is 1. The van der Waals surface area contributed by atoms with Crippen LogP contribution >= 0.6 is 0 Å². The molecule has 1 heteroatoms. The standard InChI is InChI=1S/C35H33N/c1-6-35(7-2)31-14-9-8-13-27(31)29-19-30-28(25-12-10-11-22(3)16-25)20-33(36-34(30)21-32(29)35)26-17-23(4)15-24(5)18-26/h8-21H,6-7H2,1-5H3. The van der Waals surface area contributed by atoms with Crippen molar-refractivity contribution in [2.45, 2.75) is 52.9 Å². The van der Waals surface area contributed by atoms with E-state index in [1.165, 1.54) is 61.0 Å². The van der Waals surface area contributed by atoms with Gasteiger partial charge in [-0.3, -0.25) is 0 Å². The molecule has 0 saturated heterocycles. The Morgan fingerprint density at radius 1 is 0.583 bits per heavy atom. The Bertz CT molecular complexity index is 1610. The number of fused-ring (bicyclic) bond motifs is 4. The molecule has 0 atom stereocenters. The predicted molar refractivity (Wildman–Crippen MR) is 154 cm³/mol. The van der Waals surface area contributed by atoms with Gasteiger partial charge in [-0.05, 0) is 97.3 Å². The first-order chi connectivity index (χ1) is 17.4. The molecule has 0 N–H and O–H groups in total. The summed E-state index contributed by atoms with van der Waals surface area (Å²) in [6, 6.07) is 31.7. The fraction of sp³-hybridized carbons (Fsp3) is 0.229. The zero-order valence-corrected chi connectivity index (χ0v) is 21.9. The molecular weight excluding hydrogens is 434 g/mol. The van der Waals surface area contributed by atoms with Crippen LogP contribution in [0.2, 0.25) is 0 Å². The van der Waals surface area contributed by atoms with Gasteiger partial charge in [-0.1, -0.05) is 85.1 Å². The minimum atomic E-state index is 0.0429. The van der Waals surface area contributed by atoms with Gasteiger partial charge in [0.1, 0.15) is 0 Å². The van der Waals surface area contributed by atoms with Crippen LogP contribution in [0.25, 0.3) is 44.4 Å². The maximum Gasteiger partial charge on any atom is 0.0719 e. The summed E-state index contributed by atoms with van der Waals surface area (Å²) in [7, 11) is 0. The van der Waals surface area contributed by atoms with Crippen molar-refractivity contribution in [3.05, 3.63) is 113 Å². The lowest BCUT2D eigenvalue weighted by atomic mass is 9.73. The molecule has 0 fully saturated rings. The first kappa shape index (κ1) is 22.7. The third kappa shape index (κ3) is 3.41. The van der Waals surface area contributed by atoms with Gasteiger partial charge in [0.2, 0.25) is 0 Å². The topological polar surface area (TPSA) is 12.9 Å². The summed E-state index contributed by atoms with van der Waals surface area (Å²) in [6.45, 7) is 11.2. The number of aromatic nitrogens is 1. The minimum Gasteiger partial charge on any atom is -0.248 e. The largest absolute Gasteiger partial charge is 0.248 e. The van der Waals surface area contributed by atoms with Crippen LogP contribution in [0.1, 0.15) is 54.5 Å². The van der Waals surface area contributed by atoms with Gasteiger partial charge in [0.25, 0.3) is 0 Å². The Kier molecular flexibility index (Phi) is 5.34. The van der Waals surface area contributed by atoms with E-state index in [4.69, 9.17) is 4.98 Å². The van der Waals surface area contributed by atoms with Crippen molar-refractivity contribution < 1.29 is 0 Å². The quantitative estimate of drug-likeness (QED) is 0.256. The zero-order valence-electron chi connectivity index (χ0n) is 21.9. The molecule has 0 unspecified atom stereocenters. The molecule has 1 aliphatic rings. The highest BCUT2D eigenvalue weighted by molar-refractivity contribution is 6.01. The number of pyridine rings is 1. The lowest BCUT2D eigenvalue weighted by molar-refractivity contribution is 0.491. The Morgan fingerprint density at radius 2 is 1.31 bits per heavy atom. The van der Waals surface area contributed by atoms with Crippen LogP contribution in [-0.2, 0) is 5.41 Å². The summed E-state index contributed by atoms with van der Waals surface area (Å²) >= 11 is 0. The minimum absolute atomic E-state index is 0.0429. The predicted octanol–water partition coefficient (Wildman–Crippen LogP) is 9.58. The zero-order chi connectivity index (χ0) is 25.0. The lowest BCUT2D eigenvalue weighted by Crippen LogP contribution is -2.23. The highest BCUT2D eigenvalue weighted by atomic mass is 14.7. The monoisotopic (exact) mass is 467 g/mol. The normalized spacial score (nSPS) is 13.6. The van der Waals surface area contributed by atoms with E-state index in [0.717, 1.165) is 24.1 Å². The first-order valence-electron chi connectivity index (χ1n) is 13.2. The van der Waals surface area contributed by atoms with Crippen LogP contribution in [0.15, 0.2) is 84.9 Å². The van der Waals surface area contributed by atoms with Crippen molar-refractivity contribution in [2.24, 2.45) is 0 Å². The van der Waals surface area contributed by atoms with Crippen LogP contribution in [0.3, 0.4) is 0 Å². The molecule has 0 spiro atoms. The third-order valence-corrected chi connectivity index (χ3v) is 8.25. The van der Waals surface area contributed by atoms with E-state index >= 15 is 0 Å². The number of rotatable bonds is 4. The summed E-state index contributed by atoms with van der Waals surface area (Å²) in [4.78, 5) is 5.31. The van der Waals surface area contributed by atoms with Gasteiger partial charge in [0.05, 0.1) is 11.2 Å². The molecule has 1 aliphatic carbocycles. The highest BCUT2D eigenvalue weighted by Gasteiger charge is 2.40. The van der Waals surface area contributed by atoms with E-state index in [0.29, 0.717) is 0 Å². The highest BCUT2D eigenvalue weighted by Crippen LogP contribution is 2.54. The molecule has 1 heterocycles. The second kappa shape index (κ2) is 8.45. The van der Waals surface area contributed by atoms with Gasteiger partial charge in [0, 0.05) is 16.4 Å². The SMILES string of the molecule is CCC1(CC)c2ccccc2-c2cc3c(-c4cccc(C)c4)cc(-c4cc(C)cc(C)c4)nc3cc21. The molecule has 6 rings (SSSR count). The first-order valence-corrected chi connectivity index (χ1v) is 13.2. The molecule has 0 bridgehead atoms. The van der Waals surface area contributed by atoms with Crippen molar-refractivity contribution in [3.8, 4) is 33.5 Å². The van der Waals surface area contributed by atoms with Gasteiger partial charge in [-0.25, -0.2) is 4.98 Å². The Hall–Kier alpha value is -3.71. The van der Waals surface area contributed by atoms with Crippen molar-refractivity contribution in [1.82, 2.24) is 4.98 Å². The van der Waals surface area contributed by atoms with Crippen molar-refractivity contribution in [1.29, 1.82) is 0 Å². The van der Waals surface area contributed by atoms with Crippen LogP contribution in [0.5, 0.6) is 0 Å². The fourth-order valence-electron chi connectivity index (χ4n) is 6.51. The van der Waals surface area contributed by atoms with E-state index < -0.39 is 0 Å². The molecule has 4 aromatic carbocycles. The third-order valence-electron chi connectivity index (χ3n) is 8.25. The maximum absolute atomic E-state index is 5.31. The molecule has 0 aliphatic heterocycles. The summed E-state index contributed by atoms with van der Waals surface area (Å²) in [5.74, 6) is 0. The molecule has 0 saturated carbocycles. The van der Waals surface area contributed by atoms with Crippen LogP contribution in [0.4, 0.5) is 0 Å². The molecule has 1 nitrogen and oxygen atoms in total. The second-order valence-electron chi connectivity index (χ2n) is 10.6. The number of nitrogens with zero attached hydrogens (tertiary/aromatic N) is 1. The molecule has 5 aromatic rings. The maximum atomic E-state index is 5.31. The van der Waals surface area contributed by atoms with Gasteiger partial charge in [0.15, 0.2) is 0 Å². The smallest absolute Gasteiger partial charge is 0.0719 e. The van der Waals surface area contributed by atoms with Gasteiger partial charge >= 0.3 is 0 Å². The summed E-state index contributed by atoms with van der Waals surface area (Å²) in [6.07, 6.45) is 2.17. The Morgan fingerprint density at radius 3 is 2.03 bits per heavy atom. The molecule has 1 aromatic heterocycles. The van der Waals surface area contributed by atoms with Gasteiger partial charge < -0.3 is 0 Å². The lowest BCUT2D eigenvalue weighted by Gasteiger charge is -2.29. The number of aryl methyl sites for hydroxylation is 3. The van der Waals surface area contributed by atoms with E-state index in [9.17, 15) is 0 Å². The molecular formula is C35H33N. The van der Waals surface area contributed by atoms with Crippen LogP contribution < -0.4 is 0 Å². The summed E-state index contributed by atoms with van der Waals surface area (Å²) in [5, 5.41) is 1.23. The van der Waals surface area contributed by atoms with E-state index in [1.807, 2.05) is 0 Å². The Labute approximate surface area is 214 Å². The molecule has 0 amide bonds. The summed E-state index contributed by atoms with van der Waals surface area (Å²) in [5.41, 5.74) is 15.3. The number of hydrogen-bond donors (Lipinski definition) is 0. The van der Waals surface area contributed by atoms with Crippen LogP contribution in [-0.4, -0.2) is 4.98 Å². The van der Waals surface area contributed by atoms with Crippen molar-refractivity contribution in [2.75, 3.05) is 0 Å². The molecule has 0 radical (unpaired) electrons. The second-order valence-corrected chi connectivity index (χ2v) is 10.6. The van der Waals surface area contributed by atoms with Crippen molar-refractivity contribution in [3.63, 3.8) is 0 Å². The molecule has 36 heavy (non-hydrogen) atoms. The average molecular weight is 468 g/mol. The van der Waals surface area contributed by atoms with E-state index in [-0.39, 0.29) is 5.41 Å². The molecule has 178 valence electrons.